The molecule has 2 heteroatoms. The molecule has 30 valence electrons. The Morgan fingerprint density at radius 2 is 2.50 bits per heavy atom. The van der Waals surface area contributed by atoms with Crippen molar-refractivity contribution in [2.24, 2.45) is 0 Å². The van der Waals surface area contributed by atoms with Gasteiger partial charge in [0.15, 0.2) is 0 Å². The molecule has 0 aliphatic carbocycles. The molecule has 0 bridgehead atoms. The molecule has 0 atom stereocenters. The van der Waals surface area contributed by atoms with Gasteiger partial charge in [-0.1, -0.05) is 0 Å². The molecule has 0 unspecified atom stereocenters. The Morgan fingerprint density at radius 1 is 1.67 bits per heavy atom. The first-order valence-electron chi connectivity index (χ1n) is 1.67. The zero-order chi connectivity index (χ0) is 4.41. The van der Waals surface area contributed by atoms with Crippen LogP contribution in [0.2, 0.25) is 0 Å². The monoisotopic (exact) mass is 188 g/mol. The molecular weight excluding hydrogens is 183 g/mol. The maximum atomic E-state index is 4.75. The van der Waals surface area contributed by atoms with E-state index < -0.39 is 0 Å². The molecule has 2 radical (unpaired) electrons. The molecule has 0 saturated heterocycles. The van der Waals surface area contributed by atoms with Crippen molar-refractivity contribution >= 4 is 26.1 Å². The van der Waals surface area contributed by atoms with Crippen molar-refractivity contribution in [1.82, 2.24) is 0 Å². The van der Waals surface area contributed by atoms with E-state index in [9.17, 15) is 0 Å². The molecule has 1 heterocycles. The molecule has 1 nitrogen and oxygen atoms in total. The van der Waals surface area contributed by atoms with E-state index in [-0.39, 0.29) is 0 Å². The Bertz CT molecular complexity index is 111. The third kappa shape index (κ3) is 0.772. The Morgan fingerprint density at radius 3 is 2.67 bits per heavy atom. The Labute approximate surface area is 49.4 Å². The van der Waals surface area contributed by atoms with Gasteiger partial charge in [0, 0.05) is 0 Å². The third-order valence-corrected chi connectivity index (χ3v) is 1.48. The summed E-state index contributed by atoms with van der Waals surface area (Å²) < 4.78 is 6.05. The van der Waals surface area contributed by atoms with Gasteiger partial charge in [0.1, 0.15) is 0 Å². The summed E-state index contributed by atoms with van der Waals surface area (Å²) in [5, 5.41) is 0. The van der Waals surface area contributed by atoms with Gasteiger partial charge < -0.3 is 0 Å². The van der Waals surface area contributed by atoms with E-state index in [1.165, 1.54) is 3.58 Å². The molecule has 0 aromatic carbocycles. The standard InChI is InChI=1S/C4H3O.Sn.H/c1-2-4-5-3-1;;/h1,3-4H;;. The first-order valence-corrected chi connectivity index (χ1v) is 3.32. The average Bonchev–Trinajstić information content (AvgIpc) is 1.86. The molecule has 0 fully saturated rings. The summed E-state index contributed by atoms with van der Waals surface area (Å²) in [7, 11) is 0. The number of rotatable bonds is 0. The van der Waals surface area contributed by atoms with Gasteiger partial charge in [0.2, 0.25) is 0 Å². The van der Waals surface area contributed by atoms with Gasteiger partial charge in [-0.3, -0.25) is 0 Å². The van der Waals surface area contributed by atoms with E-state index >= 15 is 0 Å². The molecule has 0 spiro atoms. The second-order valence-corrected chi connectivity index (χ2v) is 2.96. The zero-order valence-electron chi connectivity index (χ0n) is 3.22. The van der Waals surface area contributed by atoms with Crippen molar-refractivity contribution in [3.8, 4) is 0 Å². The van der Waals surface area contributed by atoms with Crippen LogP contribution < -0.4 is 3.58 Å². The van der Waals surface area contributed by atoms with E-state index in [2.05, 4.69) is 0 Å². The second-order valence-electron chi connectivity index (χ2n) is 1.06. The molecule has 0 N–H and O–H groups in total. The third-order valence-electron chi connectivity index (χ3n) is 0.543. The Hall–Kier alpha value is 0.0787. The van der Waals surface area contributed by atoms with E-state index in [0.29, 0.717) is 0 Å². The van der Waals surface area contributed by atoms with E-state index in [1.807, 2.05) is 6.07 Å². The van der Waals surface area contributed by atoms with Crippen LogP contribution in [0.5, 0.6) is 0 Å². The van der Waals surface area contributed by atoms with Gasteiger partial charge in [-0.2, -0.15) is 0 Å². The van der Waals surface area contributed by atoms with Crippen molar-refractivity contribution in [1.29, 1.82) is 0 Å². The molecule has 1 aromatic heterocycles. The fourth-order valence-electron chi connectivity index (χ4n) is 0.275. The predicted octanol–water partition coefficient (Wildman–Crippen LogP) is -0.194. The molecule has 0 saturated carbocycles. The minimum atomic E-state index is 1.16. The summed E-state index contributed by atoms with van der Waals surface area (Å²) in [6.07, 6.45) is 3.46. The van der Waals surface area contributed by atoms with Crippen LogP contribution in [0.25, 0.3) is 0 Å². The topological polar surface area (TPSA) is 13.1 Å². The summed E-state index contributed by atoms with van der Waals surface area (Å²) in [5.41, 5.74) is 0. The van der Waals surface area contributed by atoms with Crippen molar-refractivity contribution in [3.05, 3.63) is 18.6 Å². The number of furan rings is 1. The van der Waals surface area contributed by atoms with Crippen LogP contribution in [0.15, 0.2) is 23.0 Å². The SMILES string of the molecule is [SnH][c]1ccoc1. The Balaban J connectivity index is 3.05. The second kappa shape index (κ2) is 1.69. The molecule has 0 aliphatic heterocycles. The summed E-state index contributed by atoms with van der Waals surface area (Å²) in [6, 6.07) is 1.97. The van der Waals surface area contributed by atoms with Crippen LogP contribution in [0.4, 0.5) is 0 Å². The van der Waals surface area contributed by atoms with Crippen molar-refractivity contribution in [2.45, 2.75) is 0 Å². The fraction of sp³-hybridized carbons (Fsp3) is 0. The molecule has 1 rings (SSSR count). The first-order chi connectivity index (χ1) is 2.89. The van der Waals surface area contributed by atoms with Crippen molar-refractivity contribution < 1.29 is 4.42 Å². The van der Waals surface area contributed by atoms with Crippen LogP contribution in [0.3, 0.4) is 0 Å². The van der Waals surface area contributed by atoms with Gasteiger partial charge >= 0.3 is 49.1 Å². The number of hydrogen-bond donors (Lipinski definition) is 0. The van der Waals surface area contributed by atoms with E-state index in [4.69, 9.17) is 4.42 Å². The first kappa shape index (κ1) is 4.24. The maximum absolute atomic E-state index is 4.75. The van der Waals surface area contributed by atoms with Crippen molar-refractivity contribution in [3.63, 3.8) is 0 Å². The summed E-state index contributed by atoms with van der Waals surface area (Å²) in [5.74, 6) is 0. The van der Waals surface area contributed by atoms with Gasteiger partial charge in [-0.25, -0.2) is 0 Å². The molecule has 0 amide bonds. The van der Waals surface area contributed by atoms with Crippen LogP contribution >= 0.6 is 0 Å². The minimum absolute atomic E-state index is 1.16. The van der Waals surface area contributed by atoms with Crippen LogP contribution in [-0.2, 0) is 0 Å². The van der Waals surface area contributed by atoms with E-state index in [0.717, 1.165) is 22.5 Å². The van der Waals surface area contributed by atoms with Gasteiger partial charge in [-0.05, 0) is 0 Å². The van der Waals surface area contributed by atoms with Gasteiger partial charge in [0.05, 0.1) is 0 Å². The van der Waals surface area contributed by atoms with Crippen LogP contribution in [-0.4, -0.2) is 22.5 Å². The predicted molar refractivity (Wildman–Crippen MR) is 25.5 cm³/mol. The van der Waals surface area contributed by atoms with Crippen LogP contribution in [0.1, 0.15) is 0 Å². The molecule has 0 aliphatic rings. The van der Waals surface area contributed by atoms with Gasteiger partial charge in [-0.15, -0.1) is 0 Å². The molecule has 1 aromatic rings. The molecular formula is C4H4OSn. The number of hydrogen-bond acceptors (Lipinski definition) is 1. The van der Waals surface area contributed by atoms with Crippen molar-refractivity contribution in [2.75, 3.05) is 0 Å². The average molecular weight is 187 g/mol. The van der Waals surface area contributed by atoms with Gasteiger partial charge in [0.25, 0.3) is 0 Å². The zero-order valence-corrected chi connectivity index (χ0v) is 6.51. The van der Waals surface area contributed by atoms with Crippen LogP contribution in [0, 0.1) is 0 Å². The summed E-state index contributed by atoms with van der Waals surface area (Å²) in [6.45, 7) is 0. The normalized spacial score (nSPS) is 8.83. The quantitative estimate of drug-likeness (QED) is 0.512. The molecule has 6 heavy (non-hydrogen) atoms. The summed E-state index contributed by atoms with van der Waals surface area (Å²) >= 11 is 1.16. The Kier molecular flexibility index (Phi) is 1.19. The summed E-state index contributed by atoms with van der Waals surface area (Å²) in [4.78, 5) is 0. The fourth-order valence-corrected chi connectivity index (χ4v) is 0.723. The van der Waals surface area contributed by atoms with E-state index in [1.54, 1.807) is 12.5 Å².